The number of hydrogen-bond donors (Lipinski definition) is 1. The highest BCUT2D eigenvalue weighted by molar-refractivity contribution is 6.30. The lowest BCUT2D eigenvalue weighted by Crippen LogP contribution is -2.38. The molecule has 1 atom stereocenters. The highest BCUT2D eigenvalue weighted by atomic mass is 35.5. The van der Waals surface area contributed by atoms with Crippen molar-refractivity contribution in [1.82, 2.24) is 25.5 Å². The van der Waals surface area contributed by atoms with Crippen LogP contribution in [-0.4, -0.2) is 46.3 Å². The van der Waals surface area contributed by atoms with Crippen LogP contribution < -0.4 is 10.2 Å². The van der Waals surface area contributed by atoms with E-state index in [0.717, 1.165) is 11.3 Å². The second-order valence-electron chi connectivity index (χ2n) is 6.41. The van der Waals surface area contributed by atoms with E-state index in [1.807, 2.05) is 56.4 Å². The number of likely N-dealkylation sites (N-methyl/N-ethyl adjacent to an activating group) is 1. The van der Waals surface area contributed by atoms with Gasteiger partial charge in [0, 0.05) is 36.4 Å². The second kappa shape index (κ2) is 9.32. The average molecular weight is 399 g/mol. The first-order valence-corrected chi connectivity index (χ1v) is 9.55. The van der Waals surface area contributed by atoms with Crippen molar-refractivity contribution in [3.63, 3.8) is 0 Å². The Kier molecular flexibility index (Phi) is 6.60. The second-order valence-corrected chi connectivity index (χ2v) is 6.85. The van der Waals surface area contributed by atoms with E-state index in [9.17, 15) is 4.79 Å². The van der Waals surface area contributed by atoms with E-state index in [-0.39, 0.29) is 5.91 Å². The van der Waals surface area contributed by atoms with Crippen LogP contribution in [0.3, 0.4) is 0 Å². The smallest absolute Gasteiger partial charge is 0.246 e. The van der Waals surface area contributed by atoms with Crippen LogP contribution in [0.5, 0.6) is 0 Å². The molecular weight excluding hydrogens is 376 g/mol. The van der Waals surface area contributed by atoms with E-state index in [2.05, 4.69) is 25.6 Å². The van der Waals surface area contributed by atoms with Crippen LogP contribution in [0.25, 0.3) is 11.4 Å². The van der Waals surface area contributed by atoms with E-state index in [1.165, 1.54) is 4.80 Å². The zero-order valence-electron chi connectivity index (χ0n) is 15.9. The van der Waals surface area contributed by atoms with Crippen molar-refractivity contribution in [3.8, 4) is 11.4 Å². The number of amides is 1. The Bertz CT molecular complexity index is 897. The maximum Gasteiger partial charge on any atom is 0.246 e. The summed E-state index contributed by atoms with van der Waals surface area (Å²) in [7, 11) is 2.00. The summed E-state index contributed by atoms with van der Waals surface area (Å²) in [6.07, 6.45) is 0.566. The third kappa shape index (κ3) is 4.86. The lowest BCUT2D eigenvalue weighted by molar-refractivity contribution is -0.125. The van der Waals surface area contributed by atoms with Gasteiger partial charge in [-0.1, -0.05) is 36.7 Å². The summed E-state index contributed by atoms with van der Waals surface area (Å²) in [6, 6.07) is 16.7. The molecule has 1 heterocycles. The van der Waals surface area contributed by atoms with E-state index in [1.54, 1.807) is 12.1 Å². The zero-order chi connectivity index (χ0) is 19.9. The van der Waals surface area contributed by atoms with E-state index in [4.69, 9.17) is 11.6 Å². The summed E-state index contributed by atoms with van der Waals surface area (Å²) in [4.78, 5) is 16.1. The summed E-state index contributed by atoms with van der Waals surface area (Å²) >= 11 is 5.91. The fourth-order valence-corrected chi connectivity index (χ4v) is 2.93. The first-order chi connectivity index (χ1) is 13.6. The van der Waals surface area contributed by atoms with Gasteiger partial charge < -0.3 is 10.2 Å². The number of rotatable bonds is 8. The van der Waals surface area contributed by atoms with Gasteiger partial charge in [0.05, 0.1) is 0 Å². The topological polar surface area (TPSA) is 75.9 Å². The molecule has 0 saturated heterocycles. The van der Waals surface area contributed by atoms with E-state index >= 15 is 0 Å². The Labute approximate surface area is 169 Å². The average Bonchev–Trinajstić information content (AvgIpc) is 3.19. The molecule has 1 aromatic heterocycles. The number of nitrogens with one attached hydrogen (secondary N) is 1. The van der Waals surface area contributed by atoms with Gasteiger partial charge in [-0.2, -0.15) is 4.80 Å². The van der Waals surface area contributed by atoms with Gasteiger partial charge in [-0.3, -0.25) is 4.79 Å². The molecule has 146 valence electrons. The molecule has 28 heavy (non-hydrogen) atoms. The van der Waals surface area contributed by atoms with Crippen molar-refractivity contribution >= 4 is 23.2 Å². The number of carbonyl (C=O) groups is 1. The van der Waals surface area contributed by atoms with Crippen LogP contribution in [-0.2, 0) is 4.79 Å². The Morgan fingerprint density at radius 3 is 2.57 bits per heavy atom. The van der Waals surface area contributed by atoms with Gasteiger partial charge in [-0.05, 0) is 48.0 Å². The number of halogens is 1. The largest absolute Gasteiger partial charge is 0.373 e. The molecule has 0 spiro atoms. The maximum absolute atomic E-state index is 12.6. The number of benzene rings is 2. The molecule has 0 radical (unpaired) electrons. The van der Waals surface area contributed by atoms with Crippen LogP contribution >= 0.6 is 11.6 Å². The maximum atomic E-state index is 12.6. The van der Waals surface area contributed by atoms with Gasteiger partial charge in [0.15, 0.2) is 6.04 Å². The fourth-order valence-electron chi connectivity index (χ4n) is 2.80. The number of nitrogens with zero attached hydrogens (tertiary/aromatic N) is 5. The lowest BCUT2D eigenvalue weighted by atomic mass is 10.2. The van der Waals surface area contributed by atoms with Gasteiger partial charge >= 0.3 is 0 Å². The normalized spacial score (nSPS) is 11.8. The minimum atomic E-state index is -0.504. The van der Waals surface area contributed by atoms with Gasteiger partial charge in [0.25, 0.3) is 0 Å². The molecule has 3 aromatic rings. The van der Waals surface area contributed by atoms with Crippen molar-refractivity contribution in [3.05, 3.63) is 59.6 Å². The first kappa shape index (κ1) is 19.8. The molecule has 0 aliphatic rings. The van der Waals surface area contributed by atoms with E-state index in [0.29, 0.717) is 30.4 Å². The number of para-hydroxylation sites is 1. The highest BCUT2D eigenvalue weighted by Crippen LogP contribution is 2.18. The molecule has 0 aliphatic heterocycles. The molecule has 0 aliphatic carbocycles. The quantitative estimate of drug-likeness (QED) is 0.630. The summed E-state index contributed by atoms with van der Waals surface area (Å²) in [5.74, 6) is 0.343. The number of anilines is 1. The van der Waals surface area contributed by atoms with Crippen LogP contribution in [0.15, 0.2) is 54.6 Å². The Hall–Kier alpha value is -2.93. The van der Waals surface area contributed by atoms with Crippen LogP contribution in [0.4, 0.5) is 5.69 Å². The van der Waals surface area contributed by atoms with Gasteiger partial charge in [-0.15, -0.1) is 10.2 Å². The van der Waals surface area contributed by atoms with Crippen LogP contribution in [0.1, 0.15) is 19.4 Å². The zero-order valence-corrected chi connectivity index (χ0v) is 16.7. The van der Waals surface area contributed by atoms with Gasteiger partial charge in [0.1, 0.15) is 0 Å². The SMILES string of the molecule is CCC(C(=O)NCCN(C)c1ccccc1)n1nnc(-c2ccc(Cl)cc2)n1. The molecule has 0 fully saturated rings. The number of aromatic nitrogens is 4. The van der Waals surface area contributed by atoms with E-state index < -0.39 is 6.04 Å². The van der Waals surface area contributed by atoms with Crippen LogP contribution in [0, 0.1) is 0 Å². The van der Waals surface area contributed by atoms with Gasteiger partial charge in [-0.25, -0.2) is 0 Å². The molecule has 2 aromatic carbocycles. The minimum Gasteiger partial charge on any atom is -0.373 e. The molecule has 7 nitrogen and oxygen atoms in total. The molecule has 1 N–H and O–H groups in total. The number of carbonyl (C=O) groups excluding carboxylic acids is 1. The highest BCUT2D eigenvalue weighted by Gasteiger charge is 2.21. The van der Waals surface area contributed by atoms with Gasteiger partial charge in [0.2, 0.25) is 11.7 Å². The fraction of sp³-hybridized carbons (Fsp3) is 0.300. The minimum absolute atomic E-state index is 0.121. The lowest BCUT2D eigenvalue weighted by Gasteiger charge is -2.20. The predicted octanol–water partition coefficient (Wildman–Crippen LogP) is 3.20. The van der Waals surface area contributed by atoms with Crippen molar-refractivity contribution in [2.24, 2.45) is 0 Å². The molecule has 1 amide bonds. The Morgan fingerprint density at radius 2 is 1.89 bits per heavy atom. The third-order valence-electron chi connectivity index (χ3n) is 4.44. The first-order valence-electron chi connectivity index (χ1n) is 9.18. The molecule has 1 unspecified atom stereocenters. The Morgan fingerprint density at radius 1 is 1.18 bits per heavy atom. The summed E-state index contributed by atoms with van der Waals surface area (Å²) in [5, 5.41) is 16.1. The molecule has 0 bridgehead atoms. The predicted molar refractivity (Wildman–Crippen MR) is 110 cm³/mol. The third-order valence-corrected chi connectivity index (χ3v) is 4.69. The summed E-state index contributed by atoms with van der Waals surface area (Å²) in [6.45, 7) is 3.15. The van der Waals surface area contributed by atoms with Crippen molar-refractivity contribution < 1.29 is 4.79 Å². The standard InChI is InChI=1S/C20H23ClN6O/c1-3-18(20(28)22-13-14-26(2)17-7-5-4-6-8-17)27-24-19(23-25-27)15-9-11-16(21)12-10-15/h4-12,18H,3,13-14H2,1-2H3,(H,22,28). The van der Waals surface area contributed by atoms with Crippen molar-refractivity contribution in [2.75, 3.05) is 25.0 Å². The monoisotopic (exact) mass is 398 g/mol. The molecular formula is C20H23ClN6O. The number of tetrazole rings is 1. The molecule has 0 saturated carbocycles. The number of hydrogen-bond acceptors (Lipinski definition) is 5. The Balaban J connectivity index is 1.58. The molecule has 8 heteroatoms. The summed E-state index contributed by atoms with van der Waals surface area (Å²) in [5.41, 5.74) is 1.91. The van der Waals surface area contributed by atoms with Crippen LogP contribution in [0.2, 0.25) is 5.02 Å². The summed E-state index contributed by atoms with van der Waals surface area (Å²) < 4.78 is 0. The molecule has 3 rings (SSSR count). The van der Waals surface area contributed by atoms with Crippen molar-refractivity contribution in [2.45, 2.75) is 19.4 Å². The van der Waals surface area contributed by atoms with Crippen molar-refractivity contribution in [1.29, 1.82) is 0 Å².